The number of aromatic nitrogens is 2. The van der Waals surface area contributed by atoms with Gasteiger partial charge >= 0.3 is 0 Å². The fraction of sp³-hybridized carbons (Fsp3) is 0.353. The molecule has 42 heavy (non-hydrogen) atoms. The van der Waals surface area contributed by atoms with E-state index in [1.54, 1.807) is 18.2 Å². The molecule has 8 heteroatoms. The maximum atomic E-state index is 12.5. The van der Waals surface area contributed by atoms with Gasteiger partial charge in [-0.15, -0.1) is 0 Å². The van der Waals surface area contributed by atoms with Crippen LogP contribution in [0.2, 0.25) is 0 Å². The van der Waals surface area contributed by atoms with Crippen molar-refractivity contribution in [2.45, 2.75) is 37.8 Å². The highest BCUT2D eigenvalue weighted by Crippen LogP contribution is 2.23. The Kier molecular flexibility index (Phi) is 11.0. The van der Waals surface area contributed by atoms with Crippen molar-refractivity contribution in [1.82, 2.24) is 18.9 Å². The Morgan fingerprint density at radius 3 is 1.62 bits per heavy atom. The zero-order valence-electron chi connectivity index (χ0n) is 23.8. The predicted octanol–water partition coefficient (Wildman–Crippen LogP) is 6.59. The van der Waals surface area contributed by atoms with E-state index in [0.29, 0.717) is 4.47 Å². The van der Waals surface area contributed by atoms with E-state index in [2.05, 4.69) is 65.9 Å². The Hall–Kier alpha value is -2.78. The lowest BCUT2D eigenvalue weighted by atomic mass is 10.1. The molecule has 4 aromatic rings. The average Bonchev–Trinajstić information content (AvgIpc) is 3.74. The zero-order chi connectivity index (χ0) is 29.3. The molecule has 2 atom stereocenters. The highest BCUT2D eigenvalue weighted by molar-refractivity contribution is 9.10. The fourth-order valence-corrected chi connectivity index (χ4v) is 6.64. The van der Waals surface area contributed by atoms with Gasteiger partial charge in [-0.2, -0.15) is 0 Å². The van der Waals surface area contributed by atoms with Gasteiger partial charge < -0.3 is 18.9 Å². The fourth-order valence-electron chi connectivity index (χ4n) is 5.93. The Balaban J connectivity index is 0.000000168. The third-order valence-electron chi connectivity index (χ3n) is 8.13. The van der Waals surface area contributed by atoms with Crippen molar-refractivity contribution in [3.8, 4) is 0 Å². The quantitative estimate of drug-likeness (QED) is 0.209. The number of rotatable bonds is 8. The topological polar surface area (TPSA) is 50.5 Å². The SMILES string of the molecule is O=c1c(Br)cccn1C(CN1CCCC1)c1ccccc1.O=c1ccc(Br)cn1C(CN1CCCC1)c1ccccc1. The van der Waals surface area contributed by atoms with Crippen LogP contribution in [0.15, 0.2) is 116 Å². The molecule has 2 saturated heterocycles. The number of likely N-dealkylation sites (tertiary alicyclic amines) is 2. The molecule has 0 aliphatic carbocycles. The van der Waals surface area contributed by atoms with Crippen molar-refractivity contribution < 1.29 is 0 Å². The molecule has 2 aliphatic heterocycles. The first kappa shape index (κ1) is 30.7. The summed E-state index contributed by atoms with van der Waals surface area (Å²) in [6, 6.07) is 27.9. The minimum atomic E-state index is 0.0329. The van der Waals surface area contributed by atoms with Crippen molar-refractivity contribution in [3.63, 3.8) is 0 Å². The maximum absolute atomic E-state index is 12.5. The van der Waals surface area contributed by atoms with E-state index < -0.39 is 0 Å². The highest BCUT2D eigenvalue weighted by atomic mass is 79.9. The second kappa shape index (κ2) is 15.1. The van der Waals surface area contributed by atoms with E-state index in [9.17, 15) is 9.59 Å². The van der Waals surface area contributed by atoms with E-state index in [-0.39, 0.29) is 23.2 Å². The van der Waals surface area contributed by atoms with Crippen LogP contribution in [0, 0.1) is 0 Å². The molecule has 2 aromatic heterocycles. The summed E-state index contributed by atoms with van der Waals surface area (Å²) < 4.78 is 5.24. The van der Waals surface area contributed by atoms with Crippen LogP contribution in [0.3, 0.4) is 0 Å². The number of benzene rings is 2. The van der Waals surface area contributed by atoms with Crippen molar-refractivity contribution in [2.24, 2.45) is 0 Å². The van der Waals surface area contributed by atoms with Crippen molar-refractivity contribution in [1.29, 1.82) is 0 Å². The normalized spacial score (nSPS) is 17.0. The smallest absolute Gasteiger partial charge is 0.265 e. The molecule has 2 unspecified atom stereocenters. The van der Waals surface area contributed by atoms with Crippen molar-refractivity contribution >= 4 is 31.9 Å². The lowest BCUT2D eigenvalue weighted by molar-refractivity contribution is 0.295. The number of nitrogens with zero attached hydrogens (tertiary/aromatic N) is 4. The molecule has 2 aliphatic rings. The summed E-state index contributed by atoms with van der Waals surface area (Å²) in [5, 5.41) is 0. The molecule has 2 fully saturated rings. The van der Waals surface area contributed by atoms with Crippen LogP contribution in [0.1, 0.15) is 48.9 Å². The van der Waals surface area contributed by atoms with Crippen molar-refractivity contribution in [3.05, 3.63) is 138 Å². The standard InChI is InChI=1S/2C17H19BrN2O/c18-15-9-6-12-20(17(15)21)16(13-19-10-4-5-11-19)14-7-2-1-3-8-14;18-15-8-9-17(21)20(12-15)16(13-19-10-4-5-11-19)14-6-2-1-3-7-14/h2*1-3,6-9,12,16H,4-5,10-11,13H2. The largest absolute Gasteiger partial charge is 0.306 e. The molecule has 0 N–H and O–H groups in total. The highest BCUT2D eigenvalue weighted by Gasteiger charge is 2.22. The molecule has 0 amide bonds. The third-order valence-corrected chi connectivity index (χ3v) is 9.20. The number of pyridine rings is 2. The molecule has 4 heterocycles. The molecule has 0 saturated carbocycles. The first-order valence-corrected chi connectivity index (χ1v) is 16.4. The predicted molar refractivity (Wildman–Crippen MR) is 177 cm³/mol. The third kappa shape index (κ3) is 7.98. The van der Waals surface area contributed by atoms with Gasteiger partial charge in [-0.3, -0.25) is 9.59 Å². The van der Waals surface area contributed by atoms with Gasteiger partial charge in [-0.25, -0.2) is 0 Å². The summed E-state index contributed by atoms with van der Waals surface area (Å²) in [7, 11) is 0. The van der Waals surface area contributed by atoms with E-state index >= 15 is 0 Å². The summed E-state index contributed by atoms with van der Waals surface area (Å²) in [4.78, 5) is 29.6. The van der Waals surface area contributed by atoms with E-state index in [1.165, 1.54) is 36.8 Å². The molecule has 0 radical (unpaired) electrons. The van der Waals surface area contributed by atoms with E-state index in [1.807, 2.05) is 64.0 Å². The molecule has 6 nitrogen and oxygen atoms in total. The lowest BCUT2D eigenvalue weighted by Gasteiger charge is -2.26. The molecule has 2 aromatic carbocycles. The molecule has 0 spiro atoms. The summed E-state index contributed by atoms with van der Waals surface area (Å²) >= 11 is 6.83. The Labute approximate surface area is 264 Å². The number of hydrogen-bond donors (Lipinski definition) is 0. The van der Waals surface area contributed by atoms with Gasteiger partial charge in [0.15, 0.2) is 0 Å². The summed E-state index contributed by atoms with van der Waals surface area (Å²) in [6.45, 7) is 6.30. The number of hydrogen-bond acceptors (Lipinski definition) is 4. The van der Waals surface area contributed by atoms with Crippen LogP contribution < -0.4 is 11.1 Å². The van der Waals surface area contributed by atoms with Crippen LogP contribution in [0.25, 0.3) is 0 Å². The lowest BCUT2D eigenvalue weighted by Crippen LogP contribution is -2.34. The van der Waals surface area contributed by atoms with Gasteiger partial charge in [0, 0.05) is 36.0 Å². The Morgan fingerprint density at radius 2 is 1.10 bits per heavy atom. The van der Waals surface area contributed by atoms with Gasteiger partial charge in [-0.1, -0.05) is 60.7 Å². The Morgan fingerprint density at radius 1 is 0.595 bits per heavy atom. The average molecular weight is 695 g/mol. The van der Waals surface area contributed by atoms with Crippen LogP contribution >= 0.6 is 31.9 Å². The Bertz CT molecular complexity index is 1470. The summed E-state index contributed by atoms with van der Waals surface area (Å²) in [5.41, 5.74) is 2.45. The minimum absolute atomic E-state index is 0.0329. The van der Waals surface area contributed by atoms with Gasteiger partial charge in [0.25, 0.3) is 11.1 Å². The first-order chi connectivity index (χ1) is 20.5. The zero-order valence-corrected chi connectivity index (χ0v) is 27.0. The molecular formula is C34H38Br2N4O2. The minimum Gasteiger partial charge on any atom is -0.306 e. The van der Waals surface area contributed by atoms with Gasteiger partial charge in [-0.05, 0) is 113 Å². The summed E-state index contributed by atoms with van der Waals surface area (Å²) in [6.07, 6.45) is 8.82. The van der Waals surface area contributed by atoms with Gasteiger partial charge in [0.2, 0.25) is 0 Å². The van der Waals surface area contributed by atoms with Crippen LogP contribution in [-0.4, -0.2) is 58.2 Å². The van der Waals surface area contributed by atoms with Gasteiger partial charge in [0.05, 0.1) is 16.6 Å². The van der Waals surface area contributed by atoms with E-state index in [4.69, 9.17) is 0 Å². The second-order valence-corrected chi connectivity index (χ2v) is 12.8. The second-order valence-electron chi connectivity index (χ2n) is 11.0. The van der Waals surface area contributed by atoms with Crippen molar-refractivity contribution in [2.75, 3.05) is 39.3 Å². The van der Waals surface area contributed by atoms with Crippen LogP contribution in [-0.2, 0) is 0 Å². The molecular weight excluding hydrogens is 656 g/mol. The monoisotopic (exact) mass is 692 g/mol. The van der Waals surface area contributed by atoms with Crippen LogP contribution in [0.4, 0.5) is 0 Å². The molecule has 0 bridgehead atoms. The van der Waals surface area contributed by atoms with Crippen LogP contribution in [0.5, 0.6) is 0 Å². The molecule has 6 rings (SSSR count). The first-order valence-electron chi connectivity index (χ1n) is 14.8. The summed E-state index contributed by atoms with van der Waals surface area (Å²) in [5.74, 6) is 0. The van der Waals surface area contributed by atoms with Gasteiger partial charge in [0.1, 0.15) is 0 Å². The number of halogens is 2. The maximum Gasteiger partial charge on any atom is 0.265 e. The van der Waals surface area contributed by atoms with E-state index in [0.717, 1.165) is 43.7 Å². The molecule has 220 valence electrons.